The van der Waals surface area contributed by atoms with Crippen LogP contribution in [0, 0.1) is 12.8 Å². The number of methoxy groups -OCH3 is 1. The van der Waals surface area contributed by atoms with Gasteiger partial charge in [-0.25, -0.2) is 4.98 Å². The van der Waals surface area contributed by atoms with Gasteiger partial charge in [-0.2, -0.15) is 0 Å². The van der Waals surface area contributed by atoms with Crippen molar-refractivity contribution in [3.05, 3.63) is 15.6 Å². The van der Waals surface area contributed by atoms with Crippen molar-refractivity contribution in [1.29, 1.82) is 0 Å². The molecule has 2 saturated heterocycles. The van der Waals surface area contributed by atoms with Gasteiger partial charge in [0.2, 0.25) is 11.8 Å². The van der Waals surface area contributed by atoms with Gasteiger partial charge >= 0.3 is 0 Å². The van der Waals surface area contributed by atoms with Crippen LogP contribution in [0.2, 0.25) is 0 Å². The van der Waals surface area contributed by atoms with Gasteiger partial charge in [0.1, 0.15) is 0 Å². The summed E-state index contributed by atoms with van der Waals surface area (Å²) in [6.45, 7) is 6.35. The molecule has 3 rings (SSSR count). The molecule has 148 valence electrons. The smallest absolute Gasteiger partial charge is 0.227 e. The molecule has 27 heavy (non-hydrogen) atoms. The molecule has 2 aliphatic heterocycles. The fourth-order valence-electron chi connectivity index (χ4n) is 3.88. The molecule has 3 heterocycles. The van der Waals surface area contributed by atoms with E-state index >= 15 is 0 Å². The van der Waals surface area contributed by atoms with E-state index in [0.29, 0.717) is 45.1 Å². The van der Waals surface area contributed by atoms with Crippen LogP contribution in [-0.4, -0.2) is 72.3 Å². The van der Waals surface area contributed by atoms with Crippen molar-refractivity contribution in [3.63, 3.8) is 0 Å². The second-order valence-electron chi connectivity index (χ2n) is 7.36. The van der Waals surface area contributed by atoms with Gasteiger partial charge in [-0.1, -0.05) is 0 Å². The highest BCUT2D eigenvalue weighted by atomic mass is 32.1. The first-order valence-corrected chi connectivity index (χ1v) is 10.3. The number of piperidine rings is 1. The van der Waals surface area contributed by atoms with Crippen LogP contribution in [0.3, 0.4) is 0 Å². The van der Waals surface area contributed by atoms with E-state index < -0.39 is 0 Å². The fraction of sp³-hybridized carbons (Fsp3) is 0.684. The van der Waals surface area contributed by atoms with Gasteiger partial charge in [0, 0.05) is 52.6 Å². The third-order valence-electron chi connectivity index (χ3n) is 5.42. The van der Waals surface area contributed by atoms with Crippen LogP contribution in [0.15, 0.2) is 0 Å². The van der Waals surface area contributed by atoms with Crippen LogP contribution in [0.1, 0.15) is 52.5 Å². The summed E-state index contributed by atoms with van der Waals surface area (Å²) in [5.41, 5.74) is 0.807. The van der Waals surface area contributed by atoms with E-state index in [0.717, 1.165) is 28.4 Å². The van der Waals surface area contributed by atoms with Crippen LogP contribution in [0.25, 0.3) is 0 Å². The number of amides is 2. The Hall–Kier alpha value is -1.80. The van der Waals surface area contributed by atoms with E-state index in [-0.39, 0.29) is 23.5 Å². The Morgan fingerprint density at radius 1 is 1.30 bits per heavy atom. The number of aryl methyl sites for hydroxylation is 1. The predicted molar refractivity (Wildman–Crippen MR) is 102 cm³/mol. The molecule has 0 aliphatic carbocycles. The molecule has 2 aliphatic rings. The van der Waals surface area contributed by atoms with Crippen molar-refractivity contribution in [2.24, 2.45) is 5.92 Å². The predicted octanol–water partition coefficient (Wildman–Crippen LogP) is 1.86. The first-order chi connectivity index (χ1) is 12.9. The number of aromatic nitrogens is 1. The van der Waals surface area contributed by atoms with Crippen molar-refractivity contribution in [1.82, 2.24) is 14.8 Å². The number of nitrogens with zero attached hydrogens (tertiary/aromatic N) is 3. The van der Waals surface area contributed by atoms with Gasteiger partial charge in [-0.3, -0.25) is 14.4 Å². The van der Waals surface area contributed by atoms with Crippen molar-refractivity contribution >= 4 is 28.9 Å². The van der Waals surface area contributed by atoms with Gasteiger partial charge in [-0.15, -0.1) is 11.3 Å². The normalized spacial score (nSPS) is 21.1. The summed E-state index contributed by atoms with van der Waals surface area (Å²) in [5.74, 6) is 0.246. The summed E-state index contributed by atoms with van der Waals surface area (Å²) < 4.78 is 5.03. The molecule has 2 amide bonds. The second-order valence-corrected chi connectivity index (χ2v) is 8.39. The molecular formula is C19H27N3O4S. The maximum atomic E-state index is 12.8. The second kappa shape index (κ2) is 8.48. The van der Waals surface area contributed by atoms with Crippen LogP contribution < -0.4 is 0 Å². The number of ether oxygens (including phenoxy) is 1. The molecule has 8 heteroatoms. The maximum Gasteiger partial charge on any atom is 0.227 e. The molecule has 0 radical (unpaired) electrons. The molecule has 0 bridgehead atoms. The topological polar surface area (TPSA) is 79.8 Å². The number of rotatable bonds is 6. The van der Waals surface area contributed by atoms with Crippen LogP contribution in [0.5, 0.6) is 0 Å². The zero-order valence-electron chi connectivity index (χ0n) is 16.2. The van der Waals surface area contributed by atoms with Gasteiger partial charge in [-0.05, 0) is 19.8 Å². The molecule has 2 fully saturated rings. The van der Waals surface area contributed by atoms with Crippen molar-refractivity contribution in [3.8, 4) is 0 Å². The molecule has 7 nitrogen and oxygen atoms in total. The number of ketones is 1. The van der Waals surface area contributed by atoms with Gasteiger partial charge in [0.15, 0.2) is 5.78 Å². The Morgan fingerprint density at radius 3 is 2.59 bits per heavy atom. The minimum absolute atomic E-state index is 0.0373. The number of thiazole rings is 1. The van der Waals surface area contributed by atoms with E-state index in [9.17, 15) is 14.4 Å². The van der Waals surface area contributed by atoms with E-state index in [1.807, 2.05) is 11.8 Å². The third-order valence-corrected chi connectivity index (χ3v) is 6.84. The molecule has 1 atom stereocenters. The van der Waals surface area contributed by atoms with Crippen molar-refractivity contribution in [2.45, 2.75) is 39.0 Å². The minimum Gasteiger partial charge on any atom is -0.383 e. The lowest BCUT2D eigenvalue weighted by Crippen LogP contribution is -2.42. The van der Waals surface area contributed by atoms with E-state index in [4.69, 9.17) is 4.74 Å². The van der Waals surface area contributed by atoms with Gasteiger partial charge in [0.25, 0.3) is 0 Å². The van der Waals surface area contributed by atoms with Crippen molar-refractivity contribution in [2.75, 3.05) is 39.9 Å². The highest BCUT2D eigenvalue weighted by Crippen LogP contribution is 2.33. The fourth-order valence-corrected chi connectivity index (χ4v) is 5.01. The maximum absolute atomic E-state index is 12.8. The van der Waals surface area contributed by atoms with Crippen LogP contribution in [0.4, 0.5) is 0 Å². The Balaban J connectivity index is 1.55. The molecule has 1 aromatic rings. The van der Waals surface area contributed by atoms with E-state index in [1.165, 1.54) is 11.3 Å². The quantitative estimate of drug-likeness (QED) is 0.689. The summed E-state index contributed by atoms with van der Waals surface area (Å²) in [4.78, 5) is 45.5. The summed E-state index contributed by atoms with van der Waals surface area (Å²) in [6.07, 6.45) is 2.00. The first-order valence-electron chi connectivity index (χ1n) is 9.44. The van der Waals surface area contributed by atoms with Crippen molar-refractivity contribution < 1.29 is 19.1 Å². The average Bonchev–Trinajstić information content (AvgIpc) is 3.22. The van der Waals surface area contributed by atoms with Crippen LogP contribution in [-0.2, 0) is 14.3 Å². The standard InChI is InChI=1S/C19H27N3O4S/c1-12-17(13(2)23)27-18(20-12)14-4-6-21(7-5-14)19(25)15-10-16(24)22(11-15)8-9-26-3/h14-15H,4-11H2,1-3H3/t15-/m0/s1. The molecule has 0 spiro atoms. The SMILES string of the molecule is COCCN1C[C@@H](C(=O)N2CCC(c3nc(C)c(C(C)=O)s3)CC2)CC1=O. The lowest BCUT2D eigenvalue weighted by molar-refractivity contribution is -0.136. The van der Waals surface area contributed by atoms with Gasteiger partial charge < -0.3 is 14.5 Å². The zero-order chi connectivity index (χ0) is 19.6. The van der Waals surface area contributed by atoms with E-state index in [2.05, 4.69) is 4.98 Å². The molecule has 1 aromatic heterocycles. The Bertz CT molecular complexity index is 725. The summed E-state index contributed by atoms with van der Waals surface area (Å²) in [6, 6.07) is 0. The number of hydrogen-bond donors (Lipinski definition) is 0. The lowest BCUT2D eigenvalue weighted by atomic mass is 9.96. The number of Topliss-reactive ketones (excluding diaryl/α,β-unsaturated/α-hetero) is 1. The van der Waals surface area contributed by atoms with E-state index in [1.54, 1.807) is 18.9 Å². The first kappa shape index (κ1) is 19.9. The lowest BCUT2D eigenvalue weighted by Gasteiger charge is -2.32. The average molecular weight is 394 g/mol. The summed E-state index contributed by atoms with van der Waals surface area (Å²) in [7, 11) is 1.61. The Kier molecular flexibility index (Phi) is 6.26. The van der Waals surface area contributed by atoms with Gasteiger partial charge in [0.05, 0.1) is 28.1 Å². The highest BCUT2D eigenvalue weighted by Gasteiger charge is 2.37. The number of carbonyl (C=O) groups excluding carboxylic acids is 3. The summed E-state index contributed by atoms with van der Waals surface area (Å²) >= 11 is 1.49. The number of carbonyl (C=O) groups is 3. The molecule has 0 N–H and O–H groups in total. The number of hydrogen-bond acceptors (Lipinski definition) is 6. The monoisotopic (exact) mass is 393 g/mol. The highest BCUT2D eigenvalue weighted by molar-refractivity contribution is 7.13. The third kappa shape index (κ3) is 4.38. The zero-order valence-corrected chi connectivity index (χ0v) is 17.0. The largest absolute Gasteiger partial charge is 0.383 e. The Labute approximate surface area is 163 Å². The van der Waals surface area contributed by atoms with Crippen LogP contribution >= 0.6 is 11.3 Å². The minimum atomic E-state index is -0.239. The Morgan fingerprint density at radius 2 is 2.00 bits per heavy atom. The summed E-state index contributed by atoms with van der Waals surface area (Å²) in [5, 5.41) is 1.01. The molecule has 0 unspecified atom stereocenters. The molecule has 0 saturated carbocycles. The molecular weight excluding hydrogens is 366 g/mol. The number of likely N-dealkylation sites (tertiary alicyclic amines) is 2. The molecule has 0 aromatic carbocycles.